The summed E-state index contributed by atoms with van der Waals surface area (Å²) in [5.41, 5.74) is 3.28. The molecule has 0 atom stereocenters. The predicted molar refractivity (Wildman–Crippen MR) is 152 cm³/mol. The lowest BCUT2D eigenvalue weighted by atomic mass is 9.88. The second kappa shape index (κ2) is 13.1. The van der Waals surface area contributed by atoms with Gasteiger partial charge in [-0.1, -0.05) is 42.5 Å². The van der Waals surface area contributed by atoms with Gasteiger partial charge in [-0.25, -0.2) is 4.98 Å². The van der Waals surface area contributed by atoms with Crippen LogP contribution in [0.1, 0.15) is 23.1 Å². The van der Waals surface area contributed by atoms with Gasteiger partial charge >= 0.3 is 6.18 Å². The first kappa shape index (κ1) is 28.6. The van der Waals surface area contributed by atoms with E-state index >= 15 is 0 Å². The topological polar surface area (TPSA) is 70.2 Å². The number of pyridine rings is 1. The lowest BCUT2D eigenvalue weighted by molar-refractivity contribution is -0.124. The summed E-state index contributed by atoms with van der Waals surface area (Å²) in [5.74, 6) is 0.215. The number of benzene rings is 2. The molecule has 2 N–H and O–H groups in total. The van der Waals surface area contributed by atoms with Crippen LogP contribution in [0, 0.1) is 0 Å². The van der Waals surface area contributed by atoms with E-state index in [0.29, 0.717) is 47.8 Å². The number of allylic oxidation sites excluding steroid dienone is 1. The molecule has 4 rings (SSSR count). The molecule has 0 radical (unpaired) electrons. The third kappa shape index (κ3) is 7.83. The Morgan fingerprint density at radius 1 is 1.02 bits per heavy atom. The van der Waals surface area contributed by atoms with Crippen LogP contribution in [0.15, 0.2) is 91.3 Å². The highest BCUT2D eigenvalue weighted by Crippen LogP contribution is 2.40. The van der Waals surface area contributed by atoms with E-state index in [-0.39, 0.29) is 11.5 Å². The number of hydrogen-bond acceptors (Lipinski definition) is 4. The van der Waals surface area contributed by atoms with Crippen LogP contribution in [0.25, 0.3) is 22.0 Å². The zero-order valence-electron chi connectivity index (χ0n) is 22.3. The Hall–Kier alpha value is -4.37. The first-order valence-electron chi connectivity index (χ1n) is 12.8. The number of amides is 1. The molecule has 40 heavy (non-hydrogen) atoms. The van der Waals surface area contributed by atoms with Gasteiger partial charge < -0.3 is 19.9 Å². The summed E-state index contributed by atoms with van der Waals surface area (Å²) in [7, 11) is 3.36. The van der Waals surface area contributed by atoms with E-state index in [9.17, 15) is 18.0 Å². The van der Waals surface area contributed by atoms with Gasteiger partial charge in [0.1, 0.15) is 6.61 Å². The van der Waals surface area contributed by atoms with Crippen LogP contribution in [-0.2, 0) is 4.79 Å². The fourth-order valence-corrected chi connectivity index (χ4v) is 4.23. The van der Waals surface area contributed by atoms with Gasteiger partial charge in [-0.05, 0) is 57.5 Å². The number of carbonyl (C=O) groups excluding carboxylic acids is 1. The van der Waals surface area contributed by atoms with Crippen molar-refractivity contribution < 1.29 is 22.7 Å². The second-order valence-corrected chi connectivity index (χ2v) is 9.36. The minimum Gasteiger partial charge on any atom is -0.476 e. The maximum atomic E-state index is 13.9. The van der Waals surface area contributed by atoms with Gasteiger partial charge in [0.05, 0.1) is 6.42 Å². The van der Waals surface area contributed by atoms with Crippen molar-refractivity contribution in [1.82, 2.24) is 20.2 Å². The van der Waals surface area contributed by atoms with Crippen LogP contribution in [0.3, 0.4) is 0 Å². The Morgan fingerprint density at radius 3 is 2.50 bits per heavy atom. The maximum absolute atomic E-state index is 13.9. The van der Waals surface area contributed by atoms with Gasteiger partial charge in [0, 0.05) is 57.2 Å². The van der Waals surface area contributed by atoms with Crippen LogP contribution in [-0.4, -0.2) is 60.7 Å². The van der Waals surface area contributed by atoms with Crippen molar-refractivity contribution in [2.45, 2.75) is 12.6 Å². The van der Waals surface area contributed by atoms with Crippen molar-refractivity contribution in [2.24, 2.45) is 0 Å². The maximum Gasteiger partial charge on any atom is 0.393 e. The van der Waals surface area contributed by atoms with Gasteiger partial charge in [0.2, 0.25) is 11.8 Å². The minimum absolute atomic E-state index is 0.0956. The van der Waals surface area contributed by atoms with Crippen molar-refractivity contribution >= 4 is 28.0 Å². The van der Waals surface area contributed by atoms with E-state index in [0.717, 1.165) is 10.9 Å². The predicted octanol–water partition coefficient (Wildman–Crippen LogP) is 6.09. The molecule has 0 aliphatic carbocycles. The highest BCUT2D eigenvalue weighted by Gasteiger charge is 2.31. The molecule has 1 amide bonds. The molecule has 2 aromatic carbocycles. The summed E-state index contributed by atoms with van der Waals surface area (Å²) >= 11 is 0. The van der Waals surface area contributed by atoms with E-state index in [1.807, 2.05) is 54.6 Å². The molecule has 208 valence electrons. The summed E-state index contributed by atoms with van der Waals surface area (Å²) in [6.07, 6.45) is 0.898. The van der Waals surface area contributed by atoms with Crippen LogP contribution in [0.2, 0.25) is 0 Å². The first-order valence-corrected chi connectivity index (χ1v) is 12.8. The van der Waals surface area contributed by atoms with Crippen LogP contribution in [0.4, 0.5) is 13.2 Å². The molecule has 0 aliphatic rings. The van der Waals surface area contributed by atoms with Crippen molar-refractivity contribution in [3.05, 3.63) is 108 Å². The third-order valence-corrected chi connectivity index (χ3v) is 6.16. The minimum atomic E-state index is -4.43. The number of H-pyrrole nitrogens is 1. The Balaban J connectivity index is 1.57. The van der Waals surface area contributed by atoms with Gasteiger partial charge in [-0.3, -0.25) is 4.79 Å². The second-order valence-electron chi connectivity index (χ2n) is 9.36. The van der Waals surface area contributed by atoms with Gasteiger partial charge in [-0.2, -0.15) is 13.2 Å². The summed E-state index contributed by atoms with van der Waals surface area (Å²) in [5, 5.41) is 4.03. The number of nitrogens with zero attached hydrogens (tertiary/aromatic N) is 2. The van der Waals surface area contributed by atoms with Gasteiger partial charge in [0.15, 0.2) is 0 Å². The average Bonchev–Trinajstić information content (AvgIpc) is 3.40. The fraction of sp³-hybridized carbons (Fsp3) is 0.226. The number of hydrogen-bond donors (Lipinski definition) is 2. The molecule has 9 heteroatoms. The largest absolute Gasteiger partial charge is 0.476 e. The van der Waals surface area contributed by atoms with Crippen molar-refractivity contribution in [1.29, 1.82) is 0 Å². The Labute approximate surface area is 231 Å². The zero-order chi connectivity index (χ0) is 28.5. The van der Waals surface area contributed by atoms with Crippen LogP contribution < -0.4 is 10.1 Å². The zero-order valence-corrected chi connectivity index (χ0v) is 22.3. The summed E-state index contributed by atoms with van der Waals surface area (Å²) in [6, 6.07) is 19.8. The van der Waals surface area contributed by atoms with E-state index < -0.39 is 12.6 Å². The number of alkyl halides is 3. The van der Waals surface area contributed by atoms with E-state index in [4.69, 9.17) is 4.74 Å². The lowest BCUT2D eigenvalue weighted by Gasteiger charge is -2.19. The molecule has 0 fully saturated rings. The Bertz CT molecular complexity index is 1470. The number of nitrogens with one attached hydrogen (secondary N) is 2. The third-order valence-electron chi connectivity index (χ3n) is 6.16. The molecular formula is C31H31F3N4O2. The number of carbonyl (C=O) groups is 1. The molecule has 4 aromatic rings. The number of likely N-dealkylation sites (N-methyl/N-ethyl adjacent to an activating group) is 1. The monoisotopic (exact) mass is 548 g/mol. The summed E-state index contributed by atoms with van der Waals surface area (Å²) < 4.78 is 47.4. The highest BCUT2D eigenvalue weighted by atomic mass is 19.4. The molecule has 2 heterocycles. The molecule has 0 saturated carbocycles. The molecule has 0 unspecified atom stereocenters. The number of aromatic amines is 1. The first-order chi connectivity index (χ1) is 19.2. The van der Waals surface area contributed by atoms with Crippen molar-refractivity contribution in [3.8, 4) is 5.88 Å². The molecule has 2 aromatic heterocycles. The number of fused-ring (bicyclic) bond motifs is 1. The van der Waals surface area contributed by atoms with E-state index in [1.54, 1.807) is 38.5 Å². The lowest BCUT2D eigenvalue weighted by Crippen LogP contribution is -2.22. The van der Waals surface area contributed by atoms with Gasteiger partial charge in [0.25, 0.3) is 0 Å². The number of aromatic nitrogens is 2. The quantitative estimate of drug-likeness (QED) is 0.176. The highest BCUT2D eigenvalue weighted by molar-refractivity contribution is 6.00. The normalized spacial score (nSPS) is 12.5. The molecular weight excluding hydrogens is 517 g/mol. The van der Waals surface area contributed by atoms with Crippen molar-refractivity contribution in [3.63, 3.8) is 0 Å². The Kier molecular flexibility index (Phi) is 9.39. The smallest absolute Gasteiger partial charge is 0.393 e. The molecule has 0 saturated heterocycles. The van der Waals surface area contributed by atoms with Gasteiger partial charge in [-0.15, -0.1) is 0 Å². The number of rotatable bonds is 11. The van der Waals surface area contributed by atoms with Crippen molar-refractivity contribution in [2.75, 3.05) is 33.8 Å². The SMILES string of the molecule is CN(C)C(=O)/C=C/CNCCOc1ccc(/C(CC(F)(F)F)=C(\c2ccccc2)c2ccc3[nH]ccc3c2)cn1. The van der Waals surface area contributed by atoms with E-state index in [2.05, 4.69) is 15.3 Å². The number of ether oxygens (including phenoxy) is 1. The van der Waals surface area contributed by atoms with Crippen LogP contribution in [0.5, 0.6) is 5.88 Å². The number of halogens is 3. The van der Waals surface area contributed by atoms with Crippen LogP contribution >= 0.6 is 0 Å². The Morgan fingerprint density at radius 2 is 1.80 bits per heavy atom. The molecule has 0 aliphatic heterocycles. The van der Waals surface area contributed by atoms with E-state index in [1.165, 1.54) is 17.2 Å². The summed E-state index contributed by atoms with van der Waals surface area (Å²) in [4.78, 5) is 20.4. The standard InChI is InChI=1S/C31H31F3N4O2/c1-38(2)29(39)9-6-15-35-17-18-40-28-13-11-25(21-37-28)26(20-31(32,33)34)30(22-7-4-3-5-8-22)24-10-12-27-23(19-24)14-16-36-27/h3-14,16,19,21,35-36H,15,17-18,20H2,1-2H3/b9-6+,30-26+. The molecule has 0 bridgehead atoms. The fourth-order valence-electron chi connectivity index (χ4n) is 4.23. The molecule has 0 spiro atoms. The summed E-state index contributed by atoms with van der Waals surface area (Å²) in [6.45, 7) is 1.31. The molecule has 6 nitrogen and oxygen atoms in total. The average molecular weight is 549 g/mol.